The number of carbonyl (C=O) groups is 6. The first-order valence-electron chi connectivity index (χ1n) is 23.2. The Balaban J connectivity index is 0.000000163. The SMILES string of the molecule is NCc1cccc(Br)c1.O=C(CCc1cccc(Br)c1)C1CCN(c2ccccc2)C1=O.O=C(CCc1cccc(Br)c1)[C@@]1(O)CCN(c2ccccc2)C1=O.O=C(O)C1CCN(c2ccccc2)C1=O. The van der Waals surface area contributed by atoms with Gasteiger partial charge in [-0.25, -0.2) is 0 Å². The number of aryl methyl sites for hydroxylation is 2. The first-order valence-corrected chi connectivity index (χ1v) is 25.6. The number of hydrogen-bond donors (Lipinski definition) is 3. The molecule has 3 aliphatic heterocycles. The van der Waals surface area contributed by atoms with E-state index >= 15 is 0 Å². The number of carboxylic acids is 1. The second-order valence-electron chi connectivity index (χ2n) is 17.1. The minimum absolute atomic E-state index is 0.0495. The van der Waals surface area contributed by atoms with Gasteiger partial charge >= 0.3 is 5.97 Å². The Morgan fingerprint density at radius 3 is 1.37 bits per heavy atom. The predicted molar refractivity (Wildman–Crippen MR) is 287 cm³/mol. The number of halogens is 3. The molecule has 12 nitrogen and oxygen atoms in total. The van der Waals surface area contributed by atoms with Crippen molar-refractivity contribution in [3.8, 4) is 0 Å². The molecule has 9 rings (SSSR count). The fraction of sp³-hybridized carbons (Fsp3) is 0.250. The van der Waals surface area contributed by atoms with Crippen LogP contribution in [0.5, 0.6) is 0 Å². The highest BCUT2D eigenvalue weighted by atomic mass is 79.9. The number of aliphatic carboxylic acids is 1. The van der Waals surface area contributed by atoms with Crippen LogP contribution in [-0.2, 0) is 48.2 Å². The van der Waals surface area contributed by atoms with Crippen molar-refractivity contribution in [1.82, 2.24) is 0 Å². The topological polar surface area (TPSA) is 179 Å². The third kappa shape index (κ3) is 15.0. The van der Waals surface area contributed by atoms with Crippen LogP contribution in [0.3, 0.4) is 0 Å². The van der Waals surface area contributed by atoms with Gasteiger partial charge in [0.2, 0.25) is 17.4 Å². The summed E-state index contributed by atoms with van der Waals surface area (Å²) in [6, 6.07) is 51.4. The summed E-state index contributed by atoms with van der Waals surface area (Å²) in [4.78, 5) is 77.2. The van der Waals surface area contributed by atoms with Crippen molar-refractivity contribution in [3.63, 3.8) is 0 Å². The number of hydrogen-bond acceptors (Lipinski definition) is 8. The summed E-state index contributed by atoms with van der Waals surface area (Å²) >= 11 is 10.2. The molecule has 6 aromatic rings. The Hall–Kier alpha value is -6.10. The Labute approximate surface area is 439 Å². The summed E-state index contributed by atoms with van der Waals surface area (Å²) in [5.74, 6) is -3.64. The number of Topliss-reactive ketones (excluding diaryl/α,β-unsaturated/α-hetero) is 2. The molecule has 3 amide bonds. The average molecular weight is 1150 g/mol. The van der Waals surface area contributed by atoms with Gasteiger partial charge in [0, 0.05) is 75.9 Å². The molecule has 368 valence electrons. The predicted octanol–water partition coefficient (Wildman–Crippen LogP) is 10.2. The van der Waals surface area contributed by atoms with E-state index in [4.69, 9.17) is 10.8 Å². The number of carboxylic acid groups (broad SMARTS) is 1. The summed E-state index contributed by atoms with van der Waals surface area (Å²) < 4.78 is 3.04. The molecule has 6 aromatic carbocycles. The fourth-order valence-electron chi connectivity index (χ4n) is 8.39. The average Bonchev–Trinajstić information content (AvgIpc) is 4.07. The van der Waals surface area contributed by atoms with Gasteiger partial charge in [0.25, 0.3) is 5.91 Å². The standard InChI is InChI=1S/C19H18BrNO3.C19H18BrNO2.C11H11NO3.C7H8BrN/c20-15-6-4-5-14(13-15)9-10-17(22)19(24)11-12-21(18(19)23)16-7-2-1-3-8-16;20-15-6-4-5-14(13-15)9-10-18(22)17-11-12-21(19(17)23)16-7-2-1-3-8-16;13-10-9(11(14)15)6-7-12(10)8-4-2-1-3-5-8;8-7-3-1-2-6(4-7)5-9/h1-8,13,24H,9-12H2;1-8,13,17H,9-12H2;1-5,9H,6-7H2,(H,14,15);1-4H,5,9H2/t19-;;;/m0.../s1. The van der Waals surface area contributed by atoms with E-state index in [0.29, 0.717) is 64.0 Å². The second kappa shape index (κ2) is 26.4. The minimum atomic E-state index is -1.90. The zero-order chi connectivity index (χ0) is 50.9. The van der Waals surface area contributed by atoms with Gasteiger partial charge in [-0.1, -0.05) is 139 Å². The van der Waals surface area contributed by atoms with Gasteiger partial charge < -0.3 is 30.6 Å². The lowest BCUT2D eigenvalue weighted by atomic mass is 9.92. The van der Waals surface area contributed by atoms with Crippen LogP contribution in [-0.4, -0.2) is 70.7 Å². The zero-order valence-electron chi connectivity index (χ0n) is 38.9. The monoisotopic (exact) mass is 1150 g/mol. The summed E-state index contributed by atoms with van der Waals surface area (Å²) in [5.41, 5.74) is 9.11. The van der Waals surface area contributed by atoms with E-state index in [1.54, 1.807) is 17.0 Å². The number of benzene rings is 6. The zero-order valence-corrected chi connectivity index (χ0v) is 43.7. The summed E-state index contributed by atoms with van der Waals surface area (Å²) in [6.45, 7) is 2.07. The first-order chi connectivity index (χ1) is 34.2. The number of nitrogens with two attached hydrogens (primary N) is 1. The largest absolute Gasteiger partial charge is 0.481 e. The smallest absolute Gasteiger partial charge is 0.316 e. The van der Waals surface area contributed by atoms with Gasteiger partial charge in [-0.05, 0) is 115 Å². The first kappa shape index (κ1) is 54.2. The highest BCUT2D eigenvalue weighted by Crippen LogP contribution is 2.31. The number of ketones is 2. The molecule has 4 N–H and O–H groups in total. The molecule has 3 atom stereocenters. The van der Waals surface area contributed by atoms with Gasteiger partial charge in [-0.15, -0.1) is 0 Å². The van der Waals surface area contributed by atoms with Crippen molar-refractivity contribution in [2.45, 2.75) is 57.1 Å². The third-order valence-corrected chi connectivity index (χ3v) is 13.7. The van der Waals surface area contributed by atoms with E-state index in [2.05, 4.69) is 47.8 Å². The Bertz CT molecular complexity index is 2780. The van der Waals surface area contributed by atoms with Crippen LogP contribution in [0.25, 0.3) is 0 Å². The van der Waals surface area contributed by atoms with E-state index < -0.39 is 35.1 Å². The molecule has 71 heavy (non-hydrogen) atoms. The number of aliphatic hydroxyl groups is 1. The van der Waals surface area contributed by atoms with Crippen LogP contribution >= 0.6 is 47.8 Å². The van der Waals surface area contributed by atoms with Crippen LogP contribution in [0.4, 0.5) is 17.1 Å². The lowest BCUT2D eigenvalue weighted by Crippen LogP contribution is -2.47. The van der Waals surface area contributed by atoms with E-state index in [1.807, 2.05) is 152 Å². The number of amides is 3. The normalized spacial score (nSPS) is 18.2. The molecule has 0 spiro atoms. The van der Waals surface area contributed by atoms with Crippen molar-refractivity contribution in [2.24, 2.45) is 17.6 Å². The van der Waals surface area contributed by atoms with E-state index in [0.717, 1.165) is 41.5 Å². The molecule has 0 saturated carbocycles. The molecule has 3 heterocycles. The molecule has 0 aromatic heterocycles. The molecule has 0 aliphatic carbocycles. The highest BCUT2D eigenvalue weighted by Gasteiger charge is 2.50. The number of nitrogens with zero attached hydrogens (tertiary/aromatic N) is 3. The number of para-hydroxylation sites is 3. The maximum Gasteiger partial charge on any atom is 0.316 e. The third-order valence-electron chi connectivity index (χ3n) is 12.3. The quantitative estimate of drug-likeness (QED) is 0.0950. The van der Waals surface area contributed by atoms with Crippen molar-refractivity contribution in [3.05, 3.63) is 194 Å². The van der Waals surface area contributed by atoms with Crippen molar-refractivity contribution in [1.29, 1.82) is 0 Å². The van der Waals surface area contributed by atoms with Crippen molar-refractivity contribution in [2.75, 3.05) is 34.3 Å². The molecule has 3 fully saturated rings. The maximum absolute atomic E-state index is 12.6. The van der Waals surface area contributed by atoms with Crippen LogP contribution in [0.2, 0.25) is 0 Å². The van der Waals surface area contributed by atoms with Crippen LogP contribution in [0, 0.1) is 11.8 Å². The van der Waals surface area contributed by atoms with Crippen LogP contribution in [0.15, 0.2) is 177 Å². The molecule has 3 saturated heterocycles. The van der Waals surface area contributed by atoms with Gasteiger partial charge in [-0.3, -0.25) is 28.8 Å². The van der Waals surface area contributed by atoms with E-state index in [-0.39, 0.29) is 30.4 Å². The molecular formula is C56H55Br3N4O8. The number of rotatable bonds is 13. The van der Waals surface area contributed by atoms with Crippen LogP contribution in [0.1, 0.15) is 48.8 Å². The second-order valence-corrected chi connectivity index (χ2v) is 19.8. The summed E-state index contributed by atoms with van der Waals surface area (Å²) in [6.07, 6.45) is 2.87. The highest BCUT2D eigenvalue weighted by molar-refractivity contribution is 9.11. The van der Waals surface area contributed by atoms with Crippen molar-refractivity contribution < 1.29 is 39.0 Å². The minimum Gasteiger partial charge on any atom is -0.481 e. The Morgan fingerprint density at radius 2 is 0.944 bits per heavy atom. The lowest BCUT2D eigenvalue weighted by molar-refractivity contribution is -0.148. The lowest BCUT2D eigenvalue weighted by Gasteiger charge is -2.21. The fourth-order valence-corrected chi connectivity index (χ4v) is 9.73. The van der Waals surface area contributed by atoms with Gasteiger partial charge in [-0.2, -0.15) is 0 Å². The van der Waals surface area contributed by atoms with Gasteiger partial charge in [0.05, 0.1) is 5.92 Å². The molecule has 2 unspecified atom stereocenters. The Kier molecular flexibility index (Phi) is 20.1. The molecule has 3 aliphatic rings. The summed E-state index contributed by atoms with van der Waals surface area (Å²) in [7, 11) is 0. The van der Waals surface area contributed by atoms with Crippen molar-refractivity contribution >= 4 is 100 Å². The molecule has 0 radical (unpaired) electrons. The van der Waals surface area contributed by atoms with Gasteiger partial charge in [0.15, 0.2) is 5.78 Å². The maximum atomic E-state index is 12.6. The Morgan fingerprint density at radius 1 is 0.535 bits per heavy atom. The summed E-state index contributed by atoms with van der Waals surface area (Å²) in [5, 5.41) is 19.4. The molecule has 15 heteroatoms. The molecular weight excluding hydrogens is 1100 g/mol. The van der Waals surface area contributed by atoms with E-state index in [1.165, 1.54) is 9.80 Å². The van der Waals surface area contributed by atoms with Crippen LogP contribution < -0.4 is 20.4 Å². The van der Waals surface area contributed by atoms with E-state index in [9.17, 15) is 33.9 Å². The molecule has 0 bridgehead atoms. The van der Waals surface area contributed by atoms with Gasteiger partial charge in [0.1, 0.15) is 11.7 Å². The number of carbonyl (C=O) groups excluding carboxylic acids is 5. The number of anilines is 3.